The number of benzene rings is 1. The number of nitrogens with one attached hydrogen (secondary N) is 1. The lowest BCUT2D eigenvalue weighted by Gasteiger charge is -2.19. The molecule has 0 unspecified atom stereocenters. The molecular formula is C22H28N2O5. The number of likely N-dealkylation sites (tertiary alicyclic amines) is 1. The van der Waals surface area contributed by atoms with Crippen LogP contribution in [0.4, 0.5) is 5.69 Å². The highest BCUT2D eigenvalue weighted by Gasteiger charge is 2.48. The van der Waals surface area contributed by atoms with Gasteiger partial charge in [-0.15, -0.1) is 0 Å². The summed E-state index contributed by atoms with van der Waals surface area (Å²) in [5.74, 6) is -1.96. The Morgan fingerprint density at radius 3 is 2.24 bits per heavy atom. The van der Waals surface area contributed by atoms with E-state index >= 15 is 0 Å². The topological polar surface area (TPSA) is 92.8 Å². The first-order chi connectivity index (χ1) is 13.9. The van der Waals surface area contributed by atoms with Crippen molar-refractivity contribution >= 4 is 29.4 Å². The standard InChI is InChI=1S/C22H28N2O5/c1-3-14(2)15-8-10-16(11-9-15)23-19(25)13-29-20(26)12-24-21(27)17-6-4-5-7-18(17)22(24)28/h8-11,14,17-18H,3-7,12-13H2,1-2H3,(H,23,25)/t14-,17-,18+/m1/s1. The van der Waals surface area contributed by atoms with Crippen LogP contribution in [0.25, 0.3) is 0 Å². The summed E-state index contributed by atoms with van der Waals surface area (Å²) < 4.78 is 4.97. The number of amides is 3. The van der Waals surface area contributed by atoms with Crippen LogP contribution >= 0.6 is 0 Å². The van der Waals surface area contributed by atoms with E-state index in [0.717, 1.165) is 24.2 Å². The van der Waals surface area contributed by atoms with Gasteiger partial charge >= 0.3 is 5.97 Å². The fraction of sp³-hybridized carbons (Fsp3) is 0.545. The molecule has 2 fully saturated rings. The molecule has 0 aromatic heterocycles. The summed E-state index contributed by atoms with van der Waals surface area (Å²) in [6, 6.07) is 7.54. The van der Waals surface area contributed by atoms with Crippen LogP contribution in [0.3, 0.4) is 0 Å². The number of fused-ring (bicyclic) bond motifs is 1. The summed E-state index contributed by atoms with van der Waals surface area (Å²) in [5, 5.41) is 2.67. The van der Waals surface area contributed by atoms with Crippen molar-refractivity contribution in [2.45, 2.75) is 51.9 Å². The van der Waals surface area contributed by atoms with Crippen molar-refractivity contribution in [2.24, 2.45) is 11.8 Å². The second-order valence-electron chi connectivity index (χ2n) is 7.90. The van der Waals surface area contributed by atoms with Crippen molar-refractivity contribution in [2.75, 3.05) is 18.5 Å². The van der Waals surface area contributed by atoms with Crippen molar-refractivity contribution in [1.29, 1.82) is 0 Å². The van der Waals surface area contributed by atoms with E-state index in [0.29, 0.717) is 24.4 Å². The minimum atomic E-state index is -0.757. The molecule has 3 rings (SSSR count). The Hall–Kier alpha value is -2.70. The number of anilines is 1. The van der Waals surface area contributed by atoms with Crippen molar-refractivity contribution in [1.82, 2.24) is 4.90 Å². The van der Waals surface area contributed by atoms with Gasteiger partial charge < -0.3 is 10.1 Å². The zero-order valence-corrected chi connectivity index (χ0v) is 17.0. The van der Waals surface area contributed by atoms with Gasteiger partial charge in [-0.25, -0.2) is 0 Å². The molecule has 1 aliphatic heterocycles. The number of nitrogens with zero attached hydrogens (tertiary/aromatic N) is 1. The minimum Gasteiger partial charge on any atom is -0.454 e. The maximum atomic E-state index is 12.4. The van der Waals surface area contributed by atoms with E-state index in [9.17, 15) is 19.2 Å². The molecule has 1 saturated carbocycles. The molecule has 1 N–H and O–H groups in total. The predicted octanol–water partition coefficient (Wildman–Crippen LogP) is 2.86. The molecule has 156 valence electrons. The van der Waals surface area contributed by atoms with E-state index in [-0.39, 0.29) is 23.7 Å². The number of carbonyl (C=O) groups is 4. The fourth-order valence-corrected chi connectivity index (χ4v) is 4.04. The quantitative estimate of drug-likeness (QED) is 0.561. The van der Waals surface area contributed by atoms with Gasteiger partial charge in [0.2, 0.25) is 11.8 Å². The SMILES string of the molecule is CC[C@@H](C)c1ccc(NC(=O)COC(=O)CN2C(=O)[C@H]3CCCC[C@H]3C2=O)cc1. The van der Waals surface area contributed by atoms with Crippen molar-refractivity contribution in [3.8, 4) is 0 Å². The molecule has 1 aromatic carbocycles. The van der Waals surface area contributed by atoms with Crippen molar-refractivity contribution in [3.05, 3.63) is 29.8 Å². The molecule has 0 bridgehead atoms. The molecule has 7 heteroatoms. The third kappa shape index (κ3) is 4.83. The average molecular weight is 400 g/mol. The normalized spacial score (nSPS) is 22.2. The summed E-state index contributed by atoms with van der Waals surface area (Å²) in [6.45, 7) is 3.36. The van der Waals surface area contributed by atoms with Gasteiger partial charge in [0, 0.05) is 5.69 Å². The number of hydrogen-bond donors (Lipinski definition) is 1. The summed E-state index contributed by atoms with van der Waals surface area (Å²) in [7, 11) is 0. The van der Waals surface area contributed by atoms with Gasteiger partial charge in [0.1, 0.15) is 6.54 Å². The molecule has 29 heavy (non-hydrogen) atoms. The lowest BCUT2D eigenvalue weighted by molar-refractivity contribution is -0.154. The Morgan fingerprint density at radius 1 is 1.10 bits per heavy atom. The Kier molecular flexibility index (Phi) is 6.67. The van der Waals surface area contributed by atoms with Crippen LogP contribution in [0.2, 0.25) is 0 Å². The van der Waals surface area contributed by atoms with Gasteiger partial charge in [-0.1, -0.05) is 38.8 Å². The molecule has 3 atom stereocenters. The number of carbonyl (C=O) groups excluding carboxylic acids is 4. The molecule has 3 amide bonds. The van der Waals surface area contributed by atoms with Crippen molar-refractivity contribution in [3.63, 3.8) is 0 Å². The van der Waals surface area contributed by atoms with Gasteiger partial charge in [0.15, 0.2) is 6.61 Å². The Morgan fingerprint density at radius 2 is 1.69 bits per heavy atom. The number of esters is 1. The van der Waals surface area contributed by atoms with Crippen molar-refractivity contribution < 1.29 is 23.9 Å². The molecule has 1 aliphatic carbocycles. The lowest BCUT2D eigenvalue weighted by Crippen LogP contribution is -2.37. The summed E-state index contributed by atoms with van der Waals surface area (Å²) in [6.07, 6.45) is 4.27. The second kappa shape index (κ2) is 9.20. The van der Waals surface area contributed by atoms with Crippen LogP contribution in [-0.2, 0) is 23.9 Å². The number of imide groups is 1. The van der Waals surface area contributed by atoms with E-state index in [1.165, 1.54) is 5.56 Å². The Bertz CT molecular complexity index is 765. The monoisotopic (exact) mass is 400 g/mol. The third-order valence-corrected chi connectivity index (χ3v) is 5.96. The average Bonchev–Trinajstić information content (AvgIpc) is 2.97. The first-order valence-corrected chi connectivity index (χ1v) is 10.3. The molecular weight excluding hydrogens is 372 g/mol. The van der Waals surface area contributed by atoms with Gasteiger partial charge in [-0.2, -0.15) is 0 Å². The van der Waals surface area contributed by atoms with Gasteiger partial charge in [-0.05, 0) is 42.9 Å². The lowest BCUT2D eigenvalue weighted by atomic mass is 9.81. The van der Waals surface area contributed by atoms with Gasteiger partial charge in [-0.3, -0.25) is 24.1 Å². The smallest absolute Gasteiger partial charge is 0.326 e. The van der Waals surface area contributed by atoms with Crippen LogP contribution in [0.5, 0.6) is 0 Å². The molecule has 7 nitrogen and oxygen atoms in total. The third-order valence-electron chi connectivity index (χ3n) is 5.96. The van der Waals surface area contributed by atoms with Crippen LogP contribution in [0.1, 0.15) is 57.4 Å². The number of hydrogen-bond acceptors (Lipinski definition) is 5. The number of rotatable bonds is 7. The van der Waals surface area contributed by atoms with Crippen LogP contribution < -0.4 is 5.32 Å². The molecule has 0 radical (unpaired) electrons. The highest BCUT2D eigenvalue weighted by molar-refractivity contribution is 6.07. The minimum absolute atomic E-state index is 0.289. The van der Waals surface area contributed by atoms with Crippen LogP contribution in [0.15, 0.2) is 24.3 Å². The van der Waals surface area contributed by atoms with E-state index in [2.05, 4.69) is 19.2 Å². The highest BCUT2D eigenvalue weighted by Crippen LogP contribution is 2.37. The highest BCUT2D eigenvalue weighted by atomic mass is 16.5. The van der Waals surface area contributed by atoms with Crippen LogP contribution in [-0.4, -0.2) is 41.7 Å². The fourth-order valence-electron chi connectivity index (χ4n) is 4.04. The predicted molar refractivity (Wildman–Crippen MR) is 107 cm³/mol. The molecule has 0 spiro atoms. The summed E-state index contributed by atoms with van der Waals surface area (Å²) in [5.41, 5.74) is 1.81. The maximum absolute atomic E-state index is 12.4. The van der Waals surface area contributed by atoms with E-state index in [1.807, 2.05) is 24.3 Å². The van der Waals surface area contributed by atoms with E-state index in [4.69, 9.17) is 4.74 Å². The molecule has 1 aromatic rings. The molecule has 1 saturated heterocycles. The Labute approximate surface area is 170 Å². The number of ether oxygens (including phenoxy) is 1. The second-order valence-corrected chi connectivity index (χ2v) is 7.90. The molecule has 2 aliphatic rings. The largest absolute Gasteiger partial charge is 0.454 e. The maximum Gasteiger partial charge on any atom is 0.326 e. The van der Waals surface area contributed by atoms with Crippen LogP contribution in [0, 0.1) is 11.8 Å². The Balaban J connectivity index is 1.46. The summed E-state index contributed by atoms with van der Waals surface area (Å²) >= 11 is 0. The molecule has 1 heterocycles. The zero-order valence-electron chi connectivity index (χ0n) is 17.0. The summed E-state index contributed by atoms with van der Waals surface area (Å²) in [4.78, 5) is 49.8. The van der Waals surface area contributed by atoms with Gasteiger partial charge in [0.25, 0.3) is 5.91 Å². The van der Waals surface area contributed by atoms with E-state index in [1.54, 1.807) is 0 Å². The first-order valence-electron chi connectivity index (χ1n) is 10.3. The van der Waals surface area contributed by atoms with E-state index < -0.39 is 25.0 Å². The zero-order chi connectivity index (χ0) is 21.0. The first kappa shape index (κ1) is 21.0. The van der Waals surface area contributed by atoms with Gasteiger partial charge in [0.05, 0.1) is 11.8 Å².